The van der Waals surface area contributed by atoms with E-state index in [0.29, 0.717) is 6.42 Å². The van der Waals surface area contributed by atoms with Crippen LogP contribution in [0.15, 0.2) is 30.3 Å². The Hall–Kier alpha value is -1.41. The van der Waals surface area contributed by atoms with E-state index in [2.05, 4.69) is 29.6 Å². The number of hydrogen-bond donors (Lipinski definition) is 1. The minimum atomic E-state index is 0.174. The van der Waals surface area contributed by atoms with Gasteiger partial charge in [-0.05, 0) is 42.5 Å². The molecular weight excluding hydrogens is 258 g/mol. The third-order valence-corrected chi connectivity index (χ3v) is 4.28. The Morgan fingerprint density at radius 3 is 2.57 bits per heavy atom. The summed E-state index contributed by atoms with van der Waals surface area (Å²) in [5.41, 5.74) is 2.40. The molecule has 2 nitrogen and oxygen atoms in total. The van der Waals surface area contributed by atoms with Crippen LogP contribution >= 0.6 is 0 Å². The summed E-state index contributed by atoms with van der Waals surface area (Å²) in [6, 6.07) is 8.45. The van der Waals surface area contributed by atoms with E-state index < -0.39 is 0 Å². The zero-order chi connectivity index (χ0) is 14.9. The maximum absolute atomic E-state index is 11.2. The number of carbonyl (C=O) groups is 1. The fourth-order valence-corrected chi connectivity index (χ4v) is 2.87. The van der Waals surface area contributed by atoms with Gasteiger partial charge in [0.15, 0.2) is 5.78 Å². The molecule has 0 radical (unpaired) electrons. The van der Waals surface area contributed by atoms with E-state index in [0.717, 1.165) is 24.6 Å². The average Bonchev–Trinajstić information content (AvgIpc) is 2.55. The van der Waals surface area contributed by atoms with Crippen molar-refractivity contribution in [1.82, 2.24) is 5.32 Å². The summed E-state index contributed by atoms with van der Waals surface area (Å²) in [7, 11) is 0. The van der Waals surface area contributed by atoms with Crippen LogP contribution in [0.4, 0.5) is 0 Å². The number of benzene rings is 1. The van der Waals surface area contributed by atoms with E-state index >= 15 is 0 Å². The molecule has 1 aliphatic rings. The van der Waals surface area contributed by atoms with Gasteiger partial charge in [0.2, 0.25) is 0 Å². The lowest BCUT2D eigenvalue weighted by atomic mass is 9.89. The minimum Gasteiger partial charge on any atom is -0.312 e. The molecule has 0 amide bonds. The van der Waals surface area contributed by atoms with Gasteiger partial charge in [0, 0.05) is 13.0 Å². The Kier molecular flexibility index (Phi) is 6.68. The second kappa shape index (κ2) is 8.78. The molecule has 0 atom stereocenters. The zero-order valence-corrected chi connectivity index (χ0v) is 13.1. The highest BCUT2D eigenvalue weighted by Gasteiger charge is 2.12. The van der Waals surface area contributed by atoms with Crippen molar-refractivity contribution < 1.29 is 4.79 Å². The van der Waals surface area contributed by atoms with E-state index in [1.54, 1.807) is 6.08 Å². The molecule has 0 unspecified atom stereocenters. The summed E-state index contributed by atoms with van der Waals surface area (Å²) in [6.45, 7) is 3.97. The highest BCUT2D eigenvalue weighted by atomic mass is 16.1. The van der Waals surface area contributed by atoms with Crippen molar-refractivity contribution in [3.63, 3.8) is 0 Å². The molecule has 1 aromatic carbocycles. The van der Waals surface area contributed by atoms with Crippen molar-refractivity contribution in [2.45, 2.75) is 52.0 Å². The maximum Gasteiger partial charge on any atom is 0.155 e. The fourth-order valence-electron chi connectivity index (χ4n) is 2.87. The first kappa shape index (κ1) is 16.0. The van der Waals surface area contributed by atoms with Crippen LogP contribution in [0, 0.1) is 5.92 Å². The molecule has 1 saturated carbocycles. The molecule has 21 heavy (non-hydrogen) atoms. The molecule has 1 aromatic rings. The van der Waals surface area contributed by atoms with Gasteiger partial charge < -0.3 is 5.32 Å². The average molecular weight is 285 g/mol. The van der Waals surface area contributed by atoms with Gasteiger partial charge in [0.05, 0.1) is 0 Å². The van der Waals surface area contributed by atoms with Crippen molar-refractivity contribution >= 4 is 11.9 Å². The molecule has 1 N–H and O–H groups in total. The molecule has 114 valence electrons. The van der Waals surface area contributed by atoms with Gasteiger partial charge in [-0.25, -0.2) is 0 Å². The van der Waals surface area contributed by atoms with Gasteiger partial charge in [-0.3, -0.25) is 4.79 Å². The van der Waals surface area contributed by atoms with E-state index in [9.17, 15) is 4.79 Å². The summed E-state index contributed by atoms with van der Waals surface area (Å²) in [4.78, 5) is 11.2. The normalized spacial score (nSPS) is 16.4. The van der Waals surface area contributed by atoms with Gasteiger partial charge >= 0.3 is 0 Å². The van der Waals surface area contributed by atoms with Crippen LogP contribution in [0.2, 0.25) is 0 Å². The van der Waals surface area contributed by atoms with Gasteiger partial charge in [-0.1, -0.05) is 56.5 Å². The number of nitrogens with one attached hydrogen (secondary N) is 1. The summed E-state index contributed by atoms with van der Waals surface area (Å²) >= 11 is 0. The van der Waals surface area contributed by atoms with Crippen LogP contribution < -0.4 is 5.32 Å². The maximum atomic E-state index is 11.2. The van der Waals surface area contributed by atoms with Crippen molar-refractivity contribution in [3.8, 4) is 0 Å². The predicted octanol–water partition coefficient (Wildman–Crippen LogP) is 4.35. The monoisotopic (exact) mass is 285 g/mol. The number of hydrogen-bond acceptors (Lipinski definition) is 2. The Morgan fingerprint density at radius 1 is 1.19 bits per heavy atom. The van der Waals surface area contributed by atoms with Crippen LogP contribution in [0.3, 0.4) is 0 Å². The number of ketones is 1. The topological polar surface area (TPSA) is 29.1 Å². The number of allylic oxidation sites excluding steroid dienone is 1. The largest absolute Gasteiger partial charge is 0.312 e. The smallest absolute Gasteiger partial charge is 0.155 e. The standard InChI is InChI=1S/C19H27NO/c1-2-19(21)13-12-16-8-10-18(11-9-16)15-20-14-17-6-4-3-5-7-17/h8-13,17,20H,2-7,14-15H2,1H3/b13-12+. The highest BCUT2D eigenvalue weighted by Crippen LogP contribution is 2.22. The lowest BCUT2D eigenvalue weighted by Gasteiger charge is -2.21. The first-order valence-corrected chi connectivity index (χ1v) is 8.28. The second-order valence-corrected chi connectivity index (χ2v) is 6.03. The van der Waals surface area contributed by atoms with E-state index in [1.807, 2.05) is 13.0 Å². The Morgan fingerprint density at radius 2 is 1.90 bits per heavy atom. The van der Waals surface area contributed by atoms with Crippen molar-refractivity contribution in [2.75, 3.05) is 6.54 Å². The summed E-state index contributed by atoms with van der Waals surface area (Å²) in [6.07, 6.45) is 11.1. The van der Waals surface area contributed by atoms with E-state index in [4.69, 9.17) is 0 Å². The third-order valence-electron chi connectivity index (χ3n) is 4.28. The fraction of sp³-hybridized carbons (Fsp3) is 0.526. The lowest BCUT2D eigenvalue weighted by Crippen LogP contribution is -2.24. The number of carbonyl (C=O) groups excluding carboxylic acids is 1. The van der Waals surface area contributed by atoms with E-state index in [-0.39, 0.29) is 5.78 Å². The van der Waals surface area contributed by atoms with Gasteiger partial charge in [-0.2, -0.15) is 0 Å². The van der Waals surface area contributed by atoms with Crippen molar-refractivity contribution in [3.05, 3.63) is 41.5 Å². The number of rotatable bonds is 7. The van der Waals surface area contributed by atoms with Gasteiger partial charge in [0.25, 0.3) is 0 Å². The highest BCUT2D eigenvalue weighted by molar-refractivity contribution is 5.93. The molecule has 0 bridgehead atoms. The zero-order valence-electron chi connectivity index (χ0n) is 13.1. The Bertz CT molecular complexity index is 455. The molecule has 1 aliphatic carbocycles. The Balaban J connectivity index is 1.74. The summed E-state index contributed by atoms with van der Waals surface area (Å²) in [5.74, 6) is 1.05. The SMILES string of the molecule is CCC(=O)/C=C/c1ccc(CNCC2CCCCC2)cc1. The molecule has 1 fully saturated rings. The van der Waals surface area contributed by atoms with Crippen LogP contribution in [0.1, 0.15) is 56.6 Å². The van der Waals surface area contributed by atoms with Crippen LogP contribution in [-0.2, 0) is 11.3 Å². The first-order valence-electron chi connectivity index (χ1n) is 8.28. The molecule has 0 aromatic heterocycles. The minimum absolute atomic E-state index is 0.174. The summed E-state index contributed by atoms with van der Waals surface area (Å²) in [5, 5.41) is 3.58. The lowest BCUT2D eigenvalue weighted by molar-refractivity contribution is -0.114. The molecule has 0 heterocycles. The molecule has 0 aliphatic heterocycles. The van der Waals surface area contributed by atoms with Crippen LogP contribution in [0.25, 0.3) is 6.08 Å². The van der Waals surface area contributed by atoms with Gasteiger partial charge in [0.1, 0.15) is 0 Å². The van der Waals surface area contributed by atoms with E-state index in [1.165, 1.54) is 37.7 Å². The quantitative estimate of drug-likeness (QED) is 0.755. The molecular formula is C19H27NO. The van der Waals surface area contributed by atoms with Gasteiger partial charge in [-0.15, -0.1) is 0 Å². The molecule has 2 heteroatoms. The van der Waals surface area contributed by atoms with Crippen molar-refractivity contribution in [1.29, 1.82) is 0 Å². The third kappa shape index (κ3) is 5.84. The molecule has 0 saturated heterocycles. The van der Waals surface area contributed by atoms with Crippen molar-refractivity contribution in [2.24, 2.45) is 5.92 Å². The van der Waals surface area contributed by atoms with Crippen LogP contribution in [0.5, 0.6) is 0 Å². The molecule has 0 spiro atoms. The Labute approximate surface area is 128 Å². The van der Waals surface area contributed by atoms with Crippen LogP contribution in [-0.4, -0.2) is 12.3 Å². The molecule has 2 rings (SSSR count). The second-order valence-electron chi connectivity index (χ2n) is 6.03. The predicted molar refractivity (Wildman–Crippen MR) is 89.1 cm³/mol. The first-order chi connectivity index (χ1) is 10.3. The summed E-state index contributed by atoms with van der Waals surface area (Å²) < 4.78 is 0.